The van der Waals surface area contributed by atoms with Crippen molar-refractivity contribution in [1.82, 2.24) is 4.98 Å². The van der Waals surface area contributed by atoms with Crippen LogP contribution in [-0.4, -0.2) is 41.8 Å². The number of anilines is 1. The molecule has 1 aliphatic rings. The van der Waals surface area contributed by atoms with Crippen molar-refractivity contribution in [2.45, 2.75) is 13.0 Å². The molecule has 2 heterocycles. The number of nitrogens with two attached hydrogens (primary N) is 1. The van der Waals surface area contributed by atoms with Crippen molar-refractivity contribution in [2.24, 2.45) is 10.9 Å². The molecule has 1 aliphatic heterocycles. The highest BCUT2D eigenvalue weighted by Gasteiger charge is 2.25. The molecule has 1 atom stereocenters. The van der Waals surface area contributed by atoms with Gasteiger partial charge >= 0.3 is 0 Å². The van der Waals surface area contributed by atoms with Crippen molar-refractivity contribution < 1.29 is 9.94 Å². The summed E-state index contributed by atoms with van der Waals surface area (Å²) < 4.78 is 6.38. The summed E-state index contributed by atoms with van der Waals surface area (Å²) in [5.74, 6) is 0.933. The first-order valence-electron chi connectivity index (χ1n) is 5.58. The number of oxime groups is 1. The third-order valence-electron chi connectivity index (χ3n) is 2.77. The fraction of sp³-hybridized carbons (Fsp3) is 0.455. The molecular weight excluding hydrogens is 300 g/mol. The molecule has 18 heavy (non-hydrogen) atoms. The van der Waals surface area contributed by atoms with Crippen LogP contribution in [0.3, 0.4) is 0 Å². The number of hydrogen-bond donors (Lipinski definition) is 2. The van der Waals surface area contributed by atoms with Crippen LogP contribution in [0.4, 0.5) is 5.82 Å². The lowest BCUT2D eigenvalue weighted by atomic mass is 10.2. The maximum absolute atomic E-state index is 8.67. The van der Waals surface area contributed by atoms with E-state index in [2.05, 4.69) is 31.0 Å². The summed E-state index contributed by atoms with van der Waals surface area (Å²) in [7, 11) is 0. The van der Waals surface area contributed by atoms with Crippen LogP contribution in [0.5, 0.6) is 0 Å². The summed E-state index contributed by atoms with van der Waals surface area (Å²) in [6.45, 7) is 3.75. The normalized spacial score (nSPS) is 21.1. The van der Waals surface area contributed by atoms with Gasteiger partial charge in [0.15, 0.2) is 5.84 Å². The molecule has 6 nitrogen and oxygen atoms in total. The number of pyridine rings is 1. The SMILES string of the molecule is Cc1cnc(N2CCOC(C(N)=NO)C2)c(Br)c1. The van der Waals surface area contributed by atoms with Crippen LogP contribution in [0.25, 0.3) is 0 Å². The first-order chi connectivity index (χ1) is 8.61. The van der Waals surface area contributed by atoms with Gasteiger partial charge in [-0.1, -0.05) is 5.16 Å². The lowest BCUT2D eigenvalue weighted by Gasteiger charge is -2.33. The van der Waals surface area contributed by atoms with Gasteiger partial charge in [0.25, 0.3) is 0 Å². The van der Waals surface area contributed by atoms with Crippen LogP contribution in [0.15, 0.2) is 21.9 Å². The standard InChI is InChI=1S/C11H15BrN4O2/c1-7-4-8(12)11(14-5-7)16-2-3-18-9(6-16)10(13)15-17/h4-5,9,17H,2-3,6H2,1H3,(H2,13,15). The molecule has 1 fully saturated rings. The van der Waals surface area contributed by atoms with Gasteiger partial charge in [-0.15, -0.1) is 0 Å². The summed E-state index contributed by atoms with van der Waals surface area (Å²) in [6.07, 6.45) is 1.41. The molecule has 0 spiro atoms. The van der Waals surface area contributed by atoms with Crippen LogP contribution in [0.2, 0.25) is 0 Å². The molecule has 3 N–H and O–H groups in total. The van der Waals surface area contributed by atoms with E-state index < -0.39 is 6.10 Å². The Morgan fingerprint density at radius 3 is 3.17 bits per heavy atom. The second-order valence-corrected chi connectivity index (χ2v) is 5.00. The van der Waals surface area contributed by atoms with Crippen molar-refractivity contribution in [3.63, 3.8) is 0 Å². The highest BCUT2D eigenvalue weighted by molar-refractivity contribution is 9.10. The number of hydrogen-bond acceptors (Lipinski definition) is 5. The molecule has 1 saturated heterocycles. The van der Waals surface area contributed by atoms with Crippen LogP contribution in [-0.2, 0) is 4.74 Å². The summed E-state index contributed by atoms with van der Waals surface area (Å²) in [5, 5.41) is 11.7. The highest BCUT2D eigenvalue weighted by Crippen LogP contribution is 2.25. The van der Waals surface area contributed by atoms with Gasteiger partial charge in [0.2, 0.25) is 0 Å². The molecule has 98 valence electrons. The van der Waals surface area contributed by atoms with E-state index in [4.69, 9.17) is 15.7 Å². The number of rotatable bonds is 2. The minimum Gasteiger partial charge on any atom is -0.409 e. The predicted molar refractivity (Wildman–Crippen MR) is 72.0 cm³/mol. The molecule has 0 aliphatic carbocycles. The molecule has 0 saturated carbocycles. The summed E-state index contributed by atoms with van der Waals surface area (Å²) in [4.78, 5) is 6.45. The molecule has 0 amide bonds. The van der Waals surface area contributed by atoms with Crippen molar-refractivity contribution in [2.75, 3.05) is 24.6 Å². The fourth-order valence-corrected chi connectivity index (χ4v) is 2.56. The maximum Gasteiger partial charge on any atom is 0.170 e. The van der Waals surface area contributed by atoms with Crippen LogP contribution >= 0.6 is 15.9 Å². The molecule has 1 unspecified atom stereocenters. The topological polar surface area (TPSA) is 84.0 Å². The van der Waals surface area contributed by atoms with E-state index in [0.29, 0.717) is 13.2 Å². The third-order valence-corrected chi connectivity index (χ3v) is 3.35. The van der Waals surface area contributed by atoms with Crippen LogP contribution in [0.1, 0.15) is 5.56 Å². The van der Waals surface area contributed by atoms with Crippen molar-refractivity contribution in [1.29, 1.82) is 0 Å². The number of nitrogens with zero attached hydrogens (tertiary/aromatic N) is 3. The lowest BCUT2D eigenvalue weighted by Crippen LogP contribution is -2.49. The Balaban J connectivity index is 2.18. The van der Waals surface area contributed by atoms with Gasteiger partial charge < -0.3 is 20.6 Å². The van der Waals surface area contributed by atoms with Gasteiger partial charge in [0.05, 0.1) is 17.6 Å². The Morgan fingerprint density at radius 1 is 1.72 bits per heavy atom. The maximum atomic E-state index is 8.67. The predicted octanol–water partition coefficient (Wildman–Crippen LogP) is 1.10. The summed E-state index contributed by atoms with van der Waals surface area (Å²) in [5.41, 5.74) is 6.66. The van der Waals surface area contributed by atoms with Gasteiger partial charge in [0.1, 0.15) is 11.9 Å². The molecule has 2 rings (SSSR count). The Morgan fingerprint density at radius 2 is 2.50 bits per heavy atom. The quantitative estimate of drug-likeness (QED) is 0.370. The number of aryl methyl sites for hydroxylation is 1. The number of ether oxygens (including phenoxy) is 1. The van der Waals surface area contributed by atoms with Gasteiger partial charge in [-0.05, 0) is 34.5 Å². The minimum absolute atomic E-state index is 0.0861. The molecule has 0 aromatic carbocycles. The molecule has 7 heteroatoms. The van der Waals surface area contributed by atoms with E-state index >= 15 is 0 Å². The minimum atomic E-state index is -0.404. The molecule has 0 radical (unpaired) electrons. The largest absolute Gasteiger partial charge is 0.409 e. The van der Waals surface area contributed by atoms with Gasteiger partial charge in [-0.25, -0.2) is 4.98 Å². The van der Waals surface area contributed by atoms with E-state index in [0.717, 1.165) is 22.4 Å². The van der Waals surface area contributed by atoms with E-state index in [9.17, 15) is 0 Å². The van der Waals surface area contributed by atoms with Gasteiger partial charge in [-0.2, -0.15) is 0 Å². The first-order valence-corrected chi connectivity index (χ1v) is 6.37. The molecule has 1 aromatic heterocycles. The van der Waals surface area contributed by atoms with E-state index in [1.807, 2.05) is 19.2 Å². The number of halogens is 1. The monoisotopic (exact) mass is 314 g/mol. The van der Waals surface area contributed by atoms with Crippen molar-refractivity contribution in [3.8, 4) is 0 Å². The second-order valence-electron chi connectivity index (χ2n) is 4.15. The van der Waals surface area contributed by atoms with E-state index in [1.165, 1.54) is 0 Å². The highest BCUT2D eigenvalue weighted by atomic mass is 79.9. The average Bonchev–Trinajstić information content (AvgIpc) is 2.38. The number of morpholine rings is 1. The zero-order valence-corrected chi connectivity index (χ0v) is 11.6. The Hall–Kier alpha value is -1.34. The summed E-state index contributed by atoms with van der Waals surface area (Å²) in [6, 6.07) is 2.01. The molecule has 1 aromatic rings. The Bertz CT molecular complexity index is 466. The van der Waals surface area contributed by atoms with Crippen LogP contribution in [0, 0.1) is 6.92 Å². The number of aromatic nitrogens is 1. The average molecular weight is 315 g/mol. The number of amidine groups is 1. The second kappa shape index (κ2) is 5.53. The zero-order chi connectivity index (χ0) is 13.1. The zero-order valence-electron chi connectivity index (χ0n) is 10.0. The van der Waals surface area contributed by atoms with Crippen LogP contribution < -0.4 is 10.6 Å². The smallest absolute Gasteiger partial charge is 0.170 e. The Kier molecular flexibility index (Phi) is 4.03. The fourth-order valence-electron chi connectivity index (χ4n) is 1.84. The Labute approximate surface area is 114 Å². The lowest BCUT2D eigenvalue weighted by molar-refractivity contribution is 0.0803. The third kappa shape index (κ3) is 2.73. The van der Waals surface area contributed by atoms with Gasteiger partial charge in [0, 0.05) is 12.7 Å². The van der Waals surface area contributed by atoms with Crippen molar-refractivity contribution >= 4 is 27.6 Å². The van der Waals surface area contributed by atoms with E-state index in [-0.39, 0.29) is 5.84 Å². The molecular formula is C11H15BrN4O2. The van der Waals surface area contributed by atoms with Crippen molar-refractivity contribution in [3.05, 3.63) is 22.3 Å². The van der Waals surface area contributed by atoms with Gasteiger partial charge in [-0.3, -0.25) is 0 Å². The summed E-state index contributed by atoms with van der Waals surface area (Å²) >= 11 is 3.50. The van der Waals surface area contributed by atoms with E-state index in [1.54, 1.807) is 0 Å². The molecule has 0 bridgehead atoms. The first kappa shape index (κ1) is 13.1.